The van der Waals surface area contributed by atoms with E-state index in [9.17, 15) is 17.6 Å². The lowest BCUT2D eigenvalue weighted by molar-refractivity contribution is -0.0505. The minimum Gasteiger partial charge on any atom is -0.497 e. The molecule has 1 aromatic rings. The van der Waals surface area contributed by atoms with Crippen LogP contribution in [0.25, 0.3) is 0 Å². The van der Waals surface area contributed by atoms with Crippen LogP contribution in [0.15, 0.2) is 23.2 Å². The Labute approximate surface area is 148 Å². The predicted octanol–water partition coefficient (Wildman–Crippen LogP) is 2.84. The summed E-state index contributed by atoms with van der Waals surface area (Å²) in [7, 11) is 2.84. The highest BCUT2D eigenvalue weighted by atomic mass is 127. The van der Waals surface area contributed by atoms with Crippen LogP contribution in [-0.4, -0.2) is 39.7 Å². The minimum absolute atomic E-state index is 0. The number of alkyl halides is 4. The molecule has 132 valence electrons. The molecular formula is C13H18F4IN3O2. The molecule has 1 aromatic carbocycles. The van der Waals surface area contributed by atoms with Gasteiger partial charge in [-0.05, 0) is 18.2 Å². The van der Waals surface area contributed by atoms with Crippen molar-refractivity contribution in [1.82, 2.24) is 10.6 Å². The van der Waals surface area contributed by atoms with E-state index >= 15 is 0 Å². The second-order valence-electron chi connectivity index (χ2n) is 4.05. The molecule has 0 saturated heterocycles. The Morgan fingerprint density at radius 1 is 1.22 bits per heavy atom. The molecule has 0 aliphatic heterocycles. The van der Waals surface area contributed by atoms with Crippen molar-refractivity contribution in [3.63, 3.8) is 0 Å². The van der Waals surface area contributed by atoms with E-state index in [-0.39, 0.29) is 42.2 Å². The summed E-state index contributed by atoms with van der Waals surface area (Å²) in [4.78, 5) is 3.75. The van der Waals surface area contributed by atoms with Crippen molar-refractivity contribution in [3.8, 4) is 11.5 Å². The molecule has 10 heteroatoms. The number of benzene rings is 1. The first kappa shape index (κ1) is 21.5. The van der Waals surface area contributed by atoms with E-state index in [1.807, 2.05) is 0 Å². The van der Waals surface area contributed by atoms with E-state index in [1.54, 1.807) is 0 Å². The lowest BCUT2D eigenvalue weighted by Crippen LogP contribution is -2.39. The fourth-order valence-corrected chi connectivity index (χ4v) is 1.61. The largest absolute Gasteiger partial charge is 0.497 e. The fourth-order valence-electron chi connectivity index (χ4n) is 1.61. The Hall–Kier alpha value is -1.46. The first-order valence-electron chi connectivity index (χ1n) is 6.30. The van der Waals surface area contributed by atoms with E-state index in [1.165, 1.54) is 32.4 Å². The number of aliphatic imine (C=N–C) groups is 1. The van der Waals surface area contributed by atoms with Crippen LogP contribution in [0.1, 0.15) is 5.56 Å². The molecule has 0 fully saturated rings. The van der Waals surface area contributed by atoms with Gasteiger partial charge in [0.1, 0.15) is 11.5 Å². The summed E-state index contributed by atoms with van der Waals surface area (Å²) in [5, 5.41) is 5.13. The summed E-state index contributed by atoms with van der Waals surface area (Å²) in [6, 6.07) is 4.33. The zero-order valence-corrected chi connectivity index (χ0v) is 14.8. The number of ether oxygens (including phenoxy) is 2. The van der Waals surface area contributed by atoms with Crippen LogP contribution in [0.3, 0.4) is 0 Å². The van der Waals surface area contributed by atoms with Crippen molar-refractivity contribution >= 4 is 29.9 Å². The number of hydrogen-bond acceptors (Lipinski definition) is 3. The first-order chi connectivity index (χ1) is 10.5. The van der Waals surface area contributed by atoms with Crippen molar-refractivity contribution in [2.75, 3.05) is 20.7 Å². The van der Waals surface area contributed by atoms with Crippen molar-refractivity contribution in [2.45, 2.75) is 19.6 Å². The van der Waals surface area contributed by atoms with Gasteiger partial charge >= 0.3 is 6.61 Å². The van der Waals surface area contributed by atoms with Crippen LogP contribution in [-0.2, 0) is 6.54 Å². The van der Waals surface area contributed by atoms with Gasteiger partial charge < -0.3 is 20.1 Å². The van der Waals surface area contributed by atoms with Crippen LogP contribution in [0.5, 0.6) is 11.5 Å². The van der Waals surface area contributed by atoms with Gasteiger partial charge in [-0.25, -0.2) is 8.78 Å². The maximum absolute atomic E-state index is 12.4. The molecule has 0 saturated carbocycles. The molecule has 0 heterocycles. The van der Waals surface area contributed by atoms with Crippen LogP contribution in [0.4, 0.5) is 17.6 Å². The highest BCUT2D eigenvalue weighted by Crippen LogP contribution is 2.25. The highest BCUT2D eigenvalue weighted by Gasteiger charge is 2.12. The Balaban J connectivity index is 0.00000484. The highest BCUT2D eigenvalue weighted by molar-refractivity contribution is 14.0. The molecular weight excluding hydrogens is 433 g/mol. The minimum atomic E-state index is -2.97. The molecule has 23 heavy (non-hydrogen) atoms. The second-order valence-corrected chi connectivity index (χ2v) is 4.05. The van der Waals surface area contributed by atoms with Gasteiger partial charge in [0.25, 0.3) is 6.43 Å². The van der Waals surface area contributed by atoms with E-state index < -0.39 is 19.6 Å². The molecule has 0 amide bonds. The summed E-state index contributed by atoms with van der Waals surface area (Å²) in [6.45, 7) is -3.50. The lowest BCUT2D eigenvalue weighted by Gasteiger charge is -2.15. The lowest BCUT2D eigenvalue weighted by atomic mass is 10.2. The predicted molar refractivity (Wildman–Crippen MR) is 89.2 cm³/mol. The number of rotatable bonds is 7. The topological polar surface area (TPSA) is 54.9 Å². The molecule has 1 rings (SSSR count). The van der Waals surface area contributed by atoms with Gasteiger partial charge in [0.2, 0.25) is 0 Å². The Morgan fingerprint density at radius 3 is 2.43 bits per heavy atom. The summed E-state index contributed by atoms with van der Waals surface area (Å²) >= 11 is 0. The number of hydrogen-bond donors (Lipinski definition) is 2. The second kappa shape index (κ2) is 11.1. The van der Waals surface area contributed by atoms with Crippen molar-refractivity contribution in [3.05, 3.63) is 23.8 Å². The number of guanidine groups is 1. The Bertz CT molecular complexity index is 504. The molecule has 0 bridgehead atoms. The maximum Gasteiger partial charge on any atom is 0.387 e. The average Bonchev–Trinajstić information content (AvgIpc) is 2.48. The first-order valence-corrected chi connectivity index (χ1v) is 6.30. The van der Waals surface area contributed by atoms with Crippen LogP contribution in [0, 0.1) is 0 Å². The standard InChI is InChI=1S/C13H17F4N3O2.HI/c1-18-13(20-7-11(14)15)19-6-8-5-9(21-2)3-4-10(8)22-12(16)17;/h3-5,11-12H,6-7H2,1-2H3,(H2,18,19,20);1H. The van der Waals surface area contributed by atoms with Gasteiger partial charge in [0.15, 0.2) is 5.96 Å². The van der Waals surface area contributed by atoms with Gasteiger partial charge in [0.05, 0.1) is 13.7 Å². The average molecular weight is 451 g/mol. The van der Waals surface area contributed by atoms with Crippen LogP contribution >= 0.6 is 24.0 Å². The number of nitrogens with zero attached hydrogens (tertiary/aromatic N) is 1. The zero-order chi connectivity index (χ0) is 16.5. The monoisotopic (exact) mass is 451 g/mol. The smallest absolute Gasteiger partial charge is 0.387 e. The van der Waals surface area contributed by atoms with Gasteiger partial charge in [-0.3, -0.25) is 4.99 Å². The third-order valence-corrected chi connectivity index (χ3v) is 2.58. The summed E-state index contributed by atoms with van der Waals surface area (Å²) < 4.78 is 58.4. The Kier molecular flexibility index (Phi) is 10.4. The van der Waals surface area contributed by atoms with Gasteiger partial charge in [-0.1, -0.05) is 0 Å². The third kappa shape index (κ3) is 8.09. The van der Waals surface area contributed by atoms with E-state index in [0.29, 0.717) is 11.3 Å². The van der Waals surface area contributed by atoms with Crippen molar-refractivity contribution in [2.24, 2.45) is 4.99 Å². The number of nitrogens with one attached hydrogen (secondary N) is 2. The third-order valence-electron chi connectivity index (χ3n) is 2.58. The molecule has 0 aliphatic rings. The van der Waals surface area contributed by atoms with E-state index in [0.717, 1.165) is 0 Å². The Morgan fingerprint density at radius 2 is 1.91 bits per heavy atom. The van der Waals surface area contributed by atoms with Gasteiger partial charge in [-0.2, -0.15) is 8.78 Å². The van der Waals surface area contributed by atoms with Gasteiger partial charge in [0, 0.05) is 19.2 Å². The number of halogens is 5. The zero-order valence-electron chi connectivity index (χ0n) is 12.5. The van der Waals surface area contributed by atoms with Crippen molar-refractivity contribution in [1.29, 1.82) is 0 Å². The van der Waals surface area contributed by atoms with Crippen LogP contribution < -0.4 is 20.1 Å². The summed E-state index contributed by atoms with van der Waals surface area (Å²) in [5.41, 5.74) is 0.375. The SMILES string of the molecule is CN=C(NCc1cc(OC)ccc1OC(F)F)NCC(F)F.I. The molecule has 2 N–H and O–H groups in total. The number of methoxy groups -OCH3 is 1. The quantitative estimate of drug-likeness (QED) is 0.290. The molecule has 0 atom stereocenters. The van der Waals surface area contributed by atoms with E-state index in [4.69, 9.17) is 4.74 Å². The van der Waals surface area contributed by atoms with E-state index in [2.05, 4.69) is 20.4 Å². The fraction of sp³-hybridized carbons (Fsp3) is 0.462. The van der Waals surface area contributed by atoms with Crippen molar-refractivity contribution < 1.29 is 27.0 Å². The summed E-state index contributed by atoms with van der Waals surface area (Å²) in [6.07, 6.45) is -2.53. The molecule has 0 aromatic heterocycles. The maximum atomic E-state index is 12.4. The van der Waals surface area contributed by atoms with Crippen LogP contribution in [0.2, 0.25) is 0 Å². The molecule has 5 nitrogen and oxygen atoms in total. The molecule has 0 aliphatic carbocycles. The molecule has 0 radical (unpaired) electrons. The normalized spacial score (nSPS) is 11.2. The molecule has 0 spiro atoms. The molecule has 0 unspecified atom stereocenters. The summed E-state index contributed by atoms with van der Waals surface area (Å²) in [5.74, 6) is 0.535. The van der Waals surface area contributed by atoms with Gasteiger partial charge in [-0.15, -0.1) is 24.0 Å².